The van der Waals surface area contributed by atoms with E-state index in [1.54, 1.807) is 13.8 Å². The lowest BCUT2D eigenvalue weighted by atomic mass is 9.99. The summed E-state index contributed by atoms with van der Waals surface area (Å²) >= 11 is 3.99. The van der Waals surface area contributed by atoms with Gasteiger partial charge in [-0.1, -0.05) is 27.7 Å². The van der Waals surface area contributed by atoms with E-state index in [1.165, 1.54) is 0 Å². The Kier molecular flexibility index (Phi) is 14.1. The van der Waals surface area contributed by atoms with Crippen LogP contribution in [0.15, 0.2) is 4.99 Å². The molecule has 190 valence electrons. The van der Waals surface area contributed by atoms with Crippen molar-refractivity contribution >= 4 is 42.3 Å². The predicted molar refractivity (Wildman–Crippen MR) is 129 cm³/mol. The molecule has 33 heavy (non-hydrogen) atoms. The molecule has 0 saturated carbocycles. The van der Waals surface area contributed by atoms with Crippen LogP contribution in [-0.2, 0) is 19.2 Å². The Morgan fingerprint density at radius 1 is 0.939 bits per heavy atom. The number of carboxylic acid groups (broad SMARTS) is 1. The molecule has 0 bridgehead atoms. The van der Waals surface area contributed by atoms with Crippen LogP contribution in [0.5, 0.6) is 0 Å². The van der Waals surface area contributed by atoms with Crippen molar-refractivity contribution in [2.45, 2.75) is 71.1 Å². The number of rotatable bonds is 15. The quantitative estimate of drug-likeness (QED) is 0.0587. The Morgan fingerprint density at radius 2 is 1.52 bits per heavy atom. The van der Waals surface area contributed by atoms with Crippen LogP contribution in [0.25, 0.3) is 0 Å². The minimum Gasteiger partial charge on any atom is -0.480 e. The standard InChI is InChI=1S/C20H39N7O5S/c1-10(2)8-14(19(31)32)26-18(30)15(11(3)4)27-17(29)13(6-5-7-24-20(22)23)25-16(28)12(21)9-33/h10-15,33H,5-9,21H2,1-4H3,(H,25,28)(H,26,30)(H,27,29)(H,31,32)(H4,22,23,24). The summed E-state index contributed by atoms with van der Waals surface area (Å²) in [6.45, 7) is 7.35. The van der Waals surface area contributed by atoms with E-state index < -0.39 is 47.9 Å². The van der Waals surface area contributed by atoms with E-state index in [0.29, 0.717) is 6.42 Å². The number of nitrogens with one attached hydrogen (secondary N) is 3. The predicted octanol–water partition coefficient (Wildman–Crippen LogP) is -1.46. The van der Waals surface area contributed by atoms with E-state index >= 15 is 0 Å². The van der Waals surface area contributed by atoms with Crippen LogP contribution in [0.1, 0.15) is 47.0 Å². The van der Waals surface area contributed by atoms with E-state index in [9.17, 15) is 24.3 Å². The number of guanidine groups is 1. The second kappa shape index (κ2) is 15.3. The van der Waals surface area contributed by atoms with Crippen molar-refractivity contribution in [3.63, 3.8) is 0 Å². The molecule has 0 aliphatic heterocycles. The van der Waals surface area contributed by atoms with Crippen LogP contribution in [0.4, 0.5) is 0 Å². The first-order valence-electron chi connectivity index (χ1n) is 10.9. The normalized spacial score (nSPS) is 14.7. The van der Waals surface area contributed by atoms with Gasteiger partial charge in [-0.05, 0) is 31.1 Å². The van der Waals surface area contributed by atoms with Gasteiger partial charge in [0.15, 0.2) is 5.96 Å². The summed E-state index contributed by atoms with van der Waals surface area (Å²) in [5.74, 6) is -3.27. The highest BCUT2D eigenvalue weighted by Gasteiger charge is 2.31. The molecule has 0 aromatic rings. The van der Waals surface area contributed by atoms with Gasteiger partial charge in [0.2, 0.25) is 17.7 Å². The lowest BCUT2D eigenvalue weighted by molar-refractivity contribution is -0.143. The fraction of sp³-hybridized carbons (Fsp3) is 0.750. The third kappa shape index (κ3) is 12.3. The van der Waals surface area contributed by atoms with Crippen molar-refractivity contribution in [2.24, 2.45) is 34.0 Å². The molecule has 0 fully saturated rings. The molecule has 0 aliphatic carbocycles. The molecule has 0 aliphatic rings. The van der Waals surface area contributed by atoms with E-state index in [2.05, 4.69) is 33.6 Å². The highest BCUT2D eigenvalue weighted by Crippen LogP contribution is 2.09. The average molecular weight is 490 g/mol. The van der Waals surface area contributed by atoms with Gasteiger partial charge in [-0.2, -0.15) is 12.6 Å². The van der Waals surface area contributed by atoms with Crippen molar-refractivity contribution in [1.29, 1.82) is 0 Å². The summed E-state index contributed by atoms with van der Waals surface area (Å²) < 4.78 is 0. The zero-order chi connectivity index (χ0) is 25.7. The average Bonchev–Trinajstić information content (AvgIpc) is 2.71. The maximum Gasteiger partial charge on any atom is 0.326 e. The molecule has 0 aromatic heterocycles. The molecule has 10 N–H and O–H groups in total. The Bertz CT molecular complexity index is 698. The van der Waals surface area contributed by atoms with Gasteiger partial charge in [0.25, 0.3) is 0 Å². The molecule has 0 spiro atoms. The fourth-order valence-corrected chi connectivity index (χ4v) is 3.04. The Labute approximate surface area is 200 Å². The van der Waals surface area contributed by atoms with Crippen LogP contribution in [-0.4, -0.2) is 71.2 Å². The maximum atomic E-state index is 13.0. The number of amides is 3. The van der Waals surface area contributed by atoms with Crippen LogP contribution in [0, 0.1) is 11.8 Å². The van der Waals surface area contributed by atoms with Gasteiger partial charge in [-0.3, -0.25) is 19.4 Å². The second-order valence-electron chi connectivity index (χ2n) is 8.56. The van der Waals surface area contributed by atoms with Gasteiger partial charge in [0, 0.05) is 12.3 Å². The maximum absolute atomic E-state index is 13.0. The summed E-state index contributed by atoms with van der Waals surface area (Å²) in [6, 6.07) is -4.02. The number of nitrogens with two attached hydrogens (primary N) is 3. The van der Waals surface area contributed by atoms with E-state index in [-0.39, 0.29) is 42.9 Å². The summed E-state index contributed by atoms with van der Waals surface area (Å²) in [4.78, 5) is 53.3. The number of thiol groups is 1. The summed E-state index contributed by atoms with van der Waals surface area (Å²) in [5, 5.41) is 17.1. The smallest absolute Gasteiger partial charge is 0.326 e. The lowest BCUT2D eigenvalue weighted by Gasteiger charge is -2.27. The highest BCUT2D eigenvalue weighted by molar-refractivity contribution is 7.80. The van der Waals surface area contributed by atoms with Crippen molar-refractivity contribution in [3.05, 3.63) is 0 Å². The molecular formula is C20H39N7O5S. The van der Waals surface area contributed by atoms with Crippen molar-refractivity contribution in [3.8, 4) is 0 Å². The van der Waals surface area contributed by atoms with E-state index in [1.807, 2.05) is 13.8 Å². The third-order valence-corrected chi connectivity index (χ3v) is 5.07. The molecule has 0 saturated heterocycles. The number of carbonyl (C=O) groups excluding carboxylic acids is 3. The fourth-order valence-electron chi connectivity index (χ4n) is 2.88. The molecule has 13 heteroatoms. The number of nitrogens with zero attached hydrogens (tertiary/aromatic N) is 1. The molecule has 0 heterocycles. The number of carboxylic acids is 1. The number of aliphatic imine (C=N–C) groups is 1. The molecule has 4 unspecified atom stereocenters. The number of carbonyl (C=O) groups is 4. The Morgan fingerprint density at radius 3 is 1.97 bits per heavy atom. The van der Waals surface area contributed by atoms with Gasteiger partial charge in [0.1, 0.15) is 18.1 Å². The third-order valence-electron chi connectivity index (χ3n) is 4.68. The first kappa shape index (κ1) is 30.5. The zero-order valence-corrected chi connectivity index (χ0v) is 20.6. The van der Waals surface area contributed by atoms with Gasteiger partial charge in [-0.25, -0.2) is 4.79 Å². The first-order valence-corrected chi connectivity index (χ1v) is 11.5. The number of hydrogen-bond donors (Lipinski definition) is 8. The van der Waals surface area contributed by atoms with Crippen LogP contribution < -0.4 is 33.2 Å². The van der Waals surface area contributed by atoms with Gasteiger partial charge in [0.05, 0.1) is 6.04 Å². The van der Waals surface area contributed by atoms with Gasteiger partial charge in [-0.15, -0.1) is 0 Å². The summed E-state index contributed by atoms with van der Waals surface area (Å²) in [6.07, 6.45) is 0.802. The van der Waals surface area contributed by atoms with E-state index in [4.69, 9.17) is 17.2 Å². The van der Waals surface area contributed by atoms with Crippen LogP contribution in [0.2, 0.25) is 0 Å². The van der Waals surface area contributed by atoms with Crippen LogP contribution >= 0.6 is 12.6 Å². The molecule has 4 atom stereocenters. The van der Waals surface area contributed by atoms with Crippen molar-refractivity contribution in [2.75, 3.05) is 12.3 Å². The molecule has 12 nitrogen and oxygen atoms in total. The molecule has 0 radical (unpaired) electrons. The molecule has 3 amide bonds. The SMILES string of the molecule is CC(C)CC(NC(=O)C(NC(=O)C(CCCN=C(N)N)NC(=O)C(N)CS)C(C)C)C(=O)O. The zero-order valence-electron chi connectivity index (χ0n) is 19.7. The topological polar surface area (TPSA) is 215 Å². The summed E-state index contributed by atoms with van der Waals surface area (Å²) in [7, 11) is 0. The van der Waals surface area contributed by atoms with E-state index in [0.717, 1.165) is 0 Å². The Hall–Kier alpha value is -2.54. The Balaban J connectivity index is 5.45. The van der Waals surface area contributed by atoms with Gasteiger partial charge >= 0.3 is 5.97 Å². The highest BCUT2D eigenvalue weighted by atomic mass is 32.1. The first-order chi connectivity index (χ1) is 15.3. The lowest BCUT2D eigenvalue weighted by Crippen LogP contribution is -2.58. The van der Waals surface area contributed by atoms with Gasteiger partial charge < -0.3 is 38.3 Å². The van der Waals surface area contributed by atoms with Crippen molar-refractivity contribution in [1.82, 2.24) is 16.0 Å². The monoisotopic (exact) mass is 489 g/mol. The minimum atomic E-state index is -1.16. The van der Waals surface area contributed by atoms with Crippen LogP contribution in [0.3, 0.4) is 0 Å². The molecular weight excluding hydrogens is 450 g/mol. The second-order valence-corrected chi connectivity index (χ2v) is 8.92. The van der Waals surface area contributed by atoms with Crippen molar-refractivity contribution < 1.29 is 24.3 Å². The largest absolute Gasteiger partial charge is 0.480 e. The minimum absolute atomic E-state index is 0.0411. The summed E-state index contributed by atoms with van der Waals surface area (Å²) in [5.41, 5.74) is 16.3. The molecule has 0 rings (SSSR count). The number of aliphatic carboxylic acids is 1. The number of hydrogen-bond acceptors (Lipinski definition) is 7. The molecule has 0 aromatic carbocycles.